The Morgan fingerprint density at radius 1 is 1.42 bits per heavy atom. The third-order valence-electron chi connectivity index (χ3n) is 5.48. The summed E-state index contributed by atoms with van der Waals surface area (Å²) in [4.78, 5) is 17.3. The number of amides is 1. The Kier molecular flexibility index (Phi) is 5.22. The molecule has 1 aliphatic heterocycles. The van der Waals surface area contributed by atoms with Crippen LogP contribution < -0.4 is 4.72 Å². The van der Waals surface area contributed by atoms with Crippen LogP contribution >= 0.6 is 0 Å². The molecule has 1 amide bonds. The molecular formula is C18H27N3O4S. The minimum Gasteiger partial charge on any atom is -0.598 e. The molecule has 1 spiro atoms. The average molecular weight is 381 g/mol. The second kappa shape index (κ2) is 6.99. The van der Waals surface area contributed by atoms with Gasteiger partial charge in [-0.2, -0.15) is 0 Å². The molecule has 3 N–H and O–H groups in total. The van der Waals surface area contributed by atoms with Crippen molar-refractivity contribution in [3.8, 4) is 0 Å². The number of nitrogens with one attached hydrogen (secondary N) is 1. The standard InChI is InChI=1S/C18H27N3O4S/c1-17(2,3)26(25)20-15-13-5-4-12(11-22)19-14(13)10-18(15)6-8-21(9-7-18)16(23)24/h4-5,15,20,22H,6-11H2,1-3H3,(H,23,24)/t15-,26?/m1/s1. The lowest BCUT2D eigenvalue weighted by molar-refractivity contribution is 0.0762. The van der Waals surface area contributed by atoms with Crippen LogP contribution in [0.5, 0.6) is 0 Å². The Labute approximate surface area is 157 Å². The molecule has 2 aliphatic rings. The summed E-state index contributed by atoms with van der Waals surface area (Å²) in [5.74, 6) is 0. The fraction of sp³-hybridized carbons (Fsp3) is 0.667. The number of hydrogen-bond acceptors (Lipinski definition) is 5. The Balaban J connectivity index is 1.91. The molecule has 7 nitrogen and oxygen atoms in total. The number of carboxylic acid groups (broad SMARTS) is 1. The first-order valence-electron chi connectivity index (χ1n) is 8.92. The molecule has 8 heteroatoms. The van der Waals surface area contributed by atoms with Crippen LogP contribution in [0.25, 0.3) is 0 Å². The van der Waals surface area contributed by atoms with Gasteiger partial charge in [0, 0.05) is 35.6 Å². The lowest BCUT2D eigenvalue weighted by atomic mass is 9.73. The van der Waals surface area contributed by atoms with Crippen LogP contribution in [0.4, 0.5) is 4.79 Å². The van der Waals surface area contributed by atoms with Gasteiger partial charge in [-0.3, -0.25) is 4.98 Å². The molecular weight excluding hydrogens is 354 g/mol. The minimum atomic E-state index is -1.24. The Bertz CT molecular complexity index is 684. The predicted molar refractivity (Wildman–Crippen MR) is 98.9 cm³/mol. The molecule has 1 aliphatic carbocycles. The average Bonchev–Trinajstić information content (AvgIpc) is 2.86. The summed E-state index contributed by atoms with van der Waals surface area (Å²) in [5.41, 5.74) is 2.36. The first-order chi connectivity index (χ1) is 12.2. The molecule has 0 bridgehead atoms. The maximum Gasteiger partial charge on any atom is 0.407 e. The summed E-state index contributed by atoms with van der Waals surface area (Å²) in [5, 5.41) is 18.6. The van der Waals surface area contributed by atoms with Crippen LogP contribution in [0.1, 0.15) is 56.6 Å². The summed E-state index contributed by atoms with van der Waals surface area (Å²) in [6.07, 6.45) is 1.22. The second-order valence-corrected chi connectivity index (χ2v) is 10.2. The molecule has 2 atom stereocenters. The fourth-order valence-corrected chi connectivity index (χ4v) is 4.84. The van der Waals surface area contributed by atoms with Gasteiger partial charge in [0.25, 0.3) is 0 Å². The van der Waals surface area contributed by atoms with Gasteiger partial charge in [0.05, 0.1) is 18.3 Å². The molecule has 0 aromatic carbocycles. The predicted octanol–water partition coefficient (Wildman–Crippen LogP) is 1.98. The quantitative estimate of drug-likeness (QED) is 0.691. The zero-order valence-electron chi connectivity index (χ0n) is 15.5. The minimum absolute atomic E-state index is 0.112. The number of carbonyl (C=O) groups is 1. The summed E-state index contributed by atoms with van der Waals surface area (Å²) >= 11 is -1.24. The molecule has 26 heavy (non-hydrogen) atoms. The van der Waals surface area contributed by atoms with E-state index in [1.54, 1.807) is 6.07 Å². The number of nitrogens with zero attached hydrogens (tertiary/aromatic N) is 2. The first kappa shape index (κ1) is 19.4. The smallest absolute Gasteiger partial charge is 0.407 e. The zero-order chi connectivity index (χ0) is 19.1. The van der Waals surface area contributed by atoms with E-state index in [1.807, 2.05) is 26.8 Å². The van der Waals surface area contributed by atoms with E-state index in [4.69, 9.17) is 0 Å². The Morgan fingerprint density at radius 2 is 2.08 bits per heavy atom. The van der Waals surface area contributed by atoms with Crippen LogP contribution in [0, 0.1) is 5.41 Å². The van der Waals surface area contributed by atoms with Gasteiger partial charge in [0.15, 0.2) is 0 Å². The number of aliphatic hydroxyl groups excluding tert-OH is 1. The number of rotatable bonds is 3. The monoisotopic (exact) mass is 381 g/mol. The fourth-order valence-electron chi connectivity index (χ4n) is 3.90. The van der Waals surface area contributed by atoms with Crippen LogP contribution in [0.15, 0.2) is 12.1 Å². The van der Waals surface area contributed by atoms with Gasteiger partial charge in [-0.25, -0.2) is 4.79 Å². The highest BCUT2D eigenvalue weighted by molar-refractivity contribution is 7.90. The van der Waals surface area contributed by atoms with Gasteiger partial charge in [-0.1, -0.05) is 6.07 Å². The summed E-state index contributed by atoms with van der Waals surface area (Å²) in [6, 6.07) is 3.64. The van der Waals surface area contributed by atoms with Gasteiger partial charge in [-0.05, 0) is 51.7 Å². The van der Waals surface area contributed by atoms with Crippen molar-refractivity contribution in [2.24, 2.45) is 5.41 Å². The summed E-state index contributed by atoms with van der Waals surface area (Å²) < 4.78 is 15.7. The number of aliphatic hydroxyl groups is 1. The molecule has 1 aromatic rings. The van der Waals surface area contributed by atoms with Crippen LogP contribution in [-0.4, -0.2) is 48.6 Å². The molecule has 1 fully saturated rings. The topological polar surface area (TPSA) is 109 Å². The SMILES string of the molecule is CC(C)(C)[S+]([O-])N[C@@H]1c2ccc(CO)nc2CC12CCN(C(=O)O)CC2. The van der Waals surface area contributed by atoms with Crippen molar-refractivity contribution in [3.05, 3.63) is 29.1 Å². The Morgan fingerprint density at radius 3 is 2.62 bits per heavy atom. The molecule has 1 unspecified atom stereocenters. The van der Waals surface area contributed by atoms with Gasteiger partial charge in [0.1, 0.15) is 4.75 Å². The van der Waals surface area contributed by atoms with E-state index in [2.05, 4.69) is 9.71 Å². The van der Waals surface area contributed by atoms with Crippen molar-refractivity contribution >= 4 is 17.5 Å². The van der Waals surface area contributed by atoms with E-state index in [1.165, 1.54) is 4.90 Å². The molecule has 0 saturated carbocycles. The van der Waals surface area contributed by atoms with E-state index in [0.29, 0.717) is 38.0 Å². The number of aromatic nitrogens is 1. The summed E-state index contributed by atoms with van der Waals surface area (Å²) in [7, 11) is 0. The molecule has 2 heterocycles. The van der Waals surface area contributed by atoms with Gasteiger partial charge >= 0.3 is 6.09 Å². The number of fused-ring (bicyclic) bond motifs is 1. The number of pyridine rings is 1. The lowest BCUT2D eigenvalue weighted by Crippen LogP contribution is -2.50. The second-order valence-electron chi connectivity index (χ2n) is 8.24. The number of hydrogen-bond donors (Lipinski definition) is 3. The van der Waals surface area contributed by atoms with Crippen molar-refractivity contribution in [1.82, 2.24) is 14.6 Å². The highest BCUT2D eigenvalue weighted by atomic mass is 32.2. The molecule has 0 radical (unpaired) electrons. The van der Waals surface area contributed by atoms with Crippen molar-refractivity contribution in [2.75, 3.05) is 13.1 Å². The van der Waals surface area contributed by atoms with Crippen molar-refractivity contribution in [2.45, 2.75) is 57.4 Å². The molecule has 1 aromatic heterocycles. The Hall–Kier alpha value is -1.35. The van der Waals surface area contributed by atoms with Gasteiger partial charge in [0.2, 0.25) is 0 Å². The normalized spacial score (nSPS) is 23.1. The molecule has 144 valence electrons. The van der Waals surface area contributed by atoms with Crippen LogP contribution in [0.3, 0.4) is 0 Å². The van der Waals surface area contributed by atoms with Crippen LogP contribution in [0.2, 0.25) is 0 Å². The van der Waals surface area contributed by atoms with E-state index in [0.717, 1.165) is 11.3 Å². The summed E-state index contributed by atoms with van der Waals surface area (Å²) in [6.45, 7) is 6.61. The first-order valence-corrected chi connectivity index (χ1v) is 10.1. The zero-order valence-corrected chi connectivity index (χ0v) is 16.3. The lowest BCUT2D eigenvalue weighted by Gasteiger charge is -2.42. The number of likely N-dealkylation sites (tertiary alicyclic amines) is 1. The van der Waals surface area contributed by atoms with Crippen molar-refractivity contribution < 1.29 is 19.6 Å². The maximum atomic E-state index is 12.8. The van der Waals surface area contributed by atoms with Crippen LogP contribution in [-0.2, 0) is 24.4 Å². The maximum absolute atomic E-state index is 12.8. The largest absolute Gasteiger partial charge is 0.598 e. The third kappa shape index (κ3) is 3.55. The molecule has 1 saturated heterocycles. The van der Waals surface area contributed by atoms with Gasteiger partial charge in [-0.15, -0.1) is 4.72 Å². The van der Waals surface area contributed by atoms with E-state index in [9.17, 15) is 19.6 Å². The highest BCUT2D eigenvalue weighted by Gasteiger charge is 2.51. The van der Waals surface area contributed by atoms with E-state index in [-0.39, 0.29) is 18.1 Å². The van der Waals surface area contributed by atoms with Crippen molar-refractivity contribution in [1.29, 1.82) is 0 Å². The highest BCUT2D eigenvalue weighted by Crippen LogP contribution is 2.52. The van der Waals surface area contributed by atoms with Crippen molar-refractivity contribution in [3.63, 3.8) is 0 Å². The van der Waals surface area contributed by atoms with E-state index >= 15 is 0 Å². The molecule has 3 rings (SSSR count). The van der Waals surface area contributed by atoms with E-state index < -0.39 is 22.2 Å². The third-order valence-corrected chi connectivity index (χ3v) is 7.04. The number of piperidine rings is 1. The van der Waals surface area contributed by atoms with Gasteiger partial charge < -0.3 is 19.7 Å².